The van der Waals surface area contributed by atoms with Gasteiger partial charge in [0.1, 0.15) is 0 Å². The number of ketones is 1. The van der Waals surface area contributed by atoms with Gasteiger partial charge in [-0.3, -0.25) is 9.59 Å². The van der Waals surface area contributed by atoms with Crippen LogP contribution in [-0.4, -0.2) is 31.4 Å². The van der Waals surface area contributed by atoms with E-state index in [-0.39, 0.29) is 12.2 Å². The summed E-state index contributed by atoms with van der Waals surface area (Å²) in [4.78, 5) is 23.9. The fourth-order valence-electron chi connectivity index (χ4n) is 1.97. The number of hydrogen-bond donors (Lipinski definition) is 1. The van der Waals surface area contributed by atoms with Crippen molar-refractivity contribution in [2.24, 2.45) is 0 Å². The second-order valence-corrected chi connectivity index (χ2v) is 5.17. The van der Waals surface area contributed by atoms with Gasteiger partial charge < -0.3 is 10.1 Å². The van der Waals surface area contributed by atoms with Crippen molar-refractivity contribution in [1.29, 1.82) is 0 Å². The molecule has 0 bridgehead atoms. The second-order valence-electron chi connectivity index (χ2n) is 5.17. The molecule has 0 aliphatic heterocycles. The fourth-order valence-corrected chi connectivity index (χ4v) is 1.97. The predicted molar refractivity (Wildman–Crippen MR) is 83.5 cm³/mol. The highest BCUT2D eigenvalue weighted by atomic mass is 16.5. The predicted octanol–water partition coefficient (Wildman–Crippen LogP) is 2.70. The zero-order chi connectivity index (χ0) is 15.8. The maximum atomic E-state index is 12.5. The Morgan fingerprint density at radius 3 is 2.38 bits per heavy atom. The summed E-state index contributed by atoms with van der Waals surface area (Å²) in [7, 11) is 1.31. The Morgan fingerprint density at radius 2 is 1.90 bits per heavy atom. The third kappa shape index (κ3) is 5.16. The first-order valence-corrected chi connectivity index (χ1v) is 7.04. The largest absolute Gasteiger partial charge is 0.469 e. The first-order valence-electron chi connectivity index (χ1n) is 7.04. The van der Waals surface area contributed by atoms with Crippen LogP contribution in [0, 0.1) is 0 Å². The van der Waals surface area contributed by atoms with Gasteiger partial charge >= 0.3 is 5.97 Å². The smallest absolute Gasteiger partial charge is 0.307 e. The molecule has 0 heterocycles. The van der Waals surface area contributed by atoms with Crippen LogP contribution in [0.4, 0.5) is 0 Å². The minimum Gasteiger partial charge on any atom is -0.469 e. The van der Waals surface area contributed by atoms with Crippen LogP contribution in [0.1, 0.15) is 42.1 Å². The number of carbonyl (C=O) groups excluding carboxylic acids is 2. The van der Waals surface area contributed by atoms with Crippen LogP contribution in [-0.2, 0) is 9.53 Å². The summed E-state index contributed by atoms with van der Waals surface area (Å²) >= 11 is 0. The molecule has 1 N–H and O–H groups in total. The number of benzene rings is 1. The number of hydrogen-bond acceptors (Lipinski definition) is 4. The van der Waals surface area contributed by atoms with Gasteiger partial charge in [-0.2, -0.15) is 0 Å². The molecule has 114 valence electrons. The fraction of sp³-hybridized carbons (Fsp3) is 0.412. The van der Waals surface area contributed by atoms with Crippen LogP contribution in [0.15, 0.2) is 36.9 Å². The van der Waals surface area contributed by atoms with E-state index < -0.39 is 12.0 Å². The number of Topliss-reactive ketones (excluding diaryl/α,β-unsaturated/α-hetero) is 1. The van der Waals surface area contributed by atoms with Crippen LogP contribution in [0.25, 0.3) is 0 Å². The van der Waals surface area contributed by atoms with Crippen LogP contribution in [0.5, 0.6) is 0 Å². The maximum Gasteiger partial charge on any atom is 0.307 e. The first-order chi connectivity index (χ1) is 9.99. The molecule has 4 nitrogen and oxygen atoms in total. The van der Waals surface area contributed by atoms with Crippen molar-refractivity contribution in [3.63, 3.8) is 0 Å². The Morgan fingerprint density at radius 1 is 1.29 bits per heavy atom. The summed E-state index contributed by atoms with van der Waals surface area (Å²) in [6.45, 7) is 8.26. The second kappa shape index (κ2) is 8.37. The van der Waals surface area contributed by atoms with E-state index in [1.54, 1.807) is 18.2 Å². The Balaban J connectivity index is 2.87. The summed E-state index contributed by atoms with van der Waals surface area (Å²) in [6.07, 6.45) is 1.66. The highest BCUT2D eigenvalue weighted by Crippen LogP contribution is 2.16. The molecule has 1 unspecified atom stereocenters. The zero-order valence-corrected chi connectivity index (χ0v) is 12.9. The number of rotatable bonds is 8. The summed E-state index contributed by atoms with van der Waals surface area (Å²) in [5.41, 5.74) is 1.76. The Kier molecular flexibility index (Phi) is 6.82. The lowest BCUT2D eigenvalue weighted by Gasteiger charge is -2.16. The van der Waals surface area contributed by atoms with Gasteiger partial charge in [0.2, 0.25) is 0 Å². The third-order valence-electron chi connectivity index (χ3n) is 3.29. The Hall–Kier alpha value is -1.94. The van der Waals surface area contributed by atoms with E-state index >= 15 is 0 Å². The van der Waals surface area contributed by atoms with Crippen molar-refractivity contribution in [3.05, 3.63) is 48.0 Å². The van der Waals surface area contributed by atoms with Crippen molar-refractivity contribution in [1.82, 2.24) is 5.32 Å². The molecule has 21 heavy (non-hydrogen) atoms. The van der Waals surface area contributed by atoms with E-state index in [0.29, 0.717) is 18.0 Å². The van der Waals surface area contributed by atoms with Crippen LogP contribution < -0.4 is 5.32 Å². The number of carbonyl (C=O) groups is 2. The maximum absolute atomic E-state index is 12.5. The van der Waals surface area contributed by atoms with Gasteiger partial charge in [-0.25, -0.2) is 0 Å². The molecule has 0 spiro atoms. The SMILES string of the molecule is C=CCNC(CC(=O)OC)C(=O)c1ccc(C(C)C)cc1. The molecule has 0 aromatic heterocycles. The van der Waals surface area contributed by atoms with E-state index in [9.17, 15) is 9.59 Å². The minimum atomic E-state index is -0.597. The molecule has 0 amide bonds. The quantitative estimate of drug-likeness (QED) is 0.454. The van der Waals surface area contributed by atoms with Crippen LogP contribution in [0.3, 0.4) is 0 Å². The van der Waals surface area contributed by atoms with Crippen molar-refractivity contribution in [3.8, 4) is 0 Å². The number of nitrogens with one attached hydrogen (secondary N) is 1. The van der Waals surface area contributed by atoms with Crippen molar-refractivity contribution >= 4 is 11.8 Å². The summed E-state index contributed by atoms with van der Waals surface area (Å²) in [5, 5.41) is 3.00. The van der Waals surface area contributed by atoms with Gasteiger partial charge in [-0.1, -0.05) is 44.2 Å². The lowest BCUT2D eigenvalue weighted by molar-refractivity contribution is -0.140. The van der Waals surface area contributed by atoms with Gasteiger partial charge in [0.15, 0.2) is 5.78 Å². The average Bonchev–Trinajstić information content (AvgIpc) is 2.50. The molecule has 0 saturated heterocycles. The number of methoxy groups -OCH3 is 1. The monoisotopic (exact) mass is 289 g/mol. The Labute approximate surface area is 126 Å². The van der Waals surface area contributed by atoms with Gasteiger partial charge in [-0.15, -0.1) is 6.58 Å². The molecule has 4 heteroatoms. The molecular formula is C17H23NO3. The van der Waals surface area contributed by atoms with Gasteiger partial charge in [0.05, 0.1) is 19.6 Å². The van der Waals surface area contributed by atoms with E-state index in [1.807, 2.05) is 12.1 Å². The van der Waals surface area contributed by atoms with E-state index in [2.05, 4.69) is 30.5 Å². The Bertz CT molecular complexity index is 491. The summed E-state index contributed by atoms with van der Waals surface area (Å²) in [6, 6.07) is 6.90. The topological polar surface area (TPSA) is 55.4 Å². The standard InChI is InChI=1S/C17H23NO3/c1-5-10-18-15(11-16(19)21-4)17(20)14-8-6-13(7-9-14)12(2)3/h5-9,12,15,18H,1,10-11H2,2-4H3. The normalized spacial score (nSPS) is 12.0. The van der Waals surface area contributed by atoms with Crippen molar-refractivity contribution in [2.45, 2.75) is 32.2 Å². The van der Waals surface area contributed by atoms with Crippen molar-refractivity contribution < 1.29 is 14.3 Å². The summed E-state index contributed by atoms with van der Waals surface area (Å²) < 4.78 is 4.64. The zero-order valence-electron chi connectivity index (χ0n) is 12.9. The first kappa shape index (κ1) is 17.1. The van der Waals surface area contributed by atoms with E-state index in [1.165, 1.54) is 12.7 Å². The molecule has 0 fully saturated rings. The molecule has 1 atom stereocenters. The number of esters is 1. The van der Waals surface area contributed by atoms with Crippen LogP contribution in [0.2, 0.25) is 0 Å². The summed E-state index contributed by atoms with van der Waals surface area (Å²) in [5.74, 6) is -0.111. The van der Waals surface area contributed by atoms with Crippen LogP contribution >= 0.6 is 0 Å². The van der Waals surface area contributed by atoms with E-state index in [0.717, 1.165) is 0 Å². The number of ether oxygens (including phenoxy) is 1. The highest BCUT2D eigenvalue weighted by molar-refractivity contribution is 6.01. The molecule has 1 aromatic rings. The lowest BCUT2D eigenvalue weighted by atomic mass is 9.97. The molecule has 0 aliphatic rings. The lowest BCUT2D eigenvalue weighted by Crippen LogP contribution is -2.39. The molecule has 0 aliphatic carbocycles. The molecule has 1 aromatic carbocycles. The molecular weight excluding hydrogens is 266 g/mol. The van der Waals surface area contributed by atoms with E-state index in [4.69, 9.17) is 0 Å². The van der Waals surface area contributed by atoms with Gasteiger partial charge in [0, 0.05) is 12.1 Å². The third-order valence-corrected chi connectivity index (χ3v) is 3.29. The van der Waals surface area contributed by atoms with Gasteiger partial charge in [-0.05, 0) is 11.5 Å². The van der Waals surface area contributed by atoms with Crippen molar-refractivity contribution in [2.75, 3.05) is 13.7 Å². The average molecular weight is 289 g/mol. The molecule has 0 saturated carbocycles. The highest BCUT2D eigenvalue weighted by Gasteiger charge is 2.22. The van der Waals surface area contributed by atoms with Gasteiger partial charge in [0.25, 0.3) is 0 Å². The molecule has 1 rings (SSSR count). The molecule has 0 radical (unpaired) electrons. The minimum absolute atomic E-state index is 0.00903.